The molecule has 0 aromatic heterocycles. The first-order valence-corrected chi connectivity index (χ1v) is 5.99. The fourth-order valence-electron chi connectivity index (χ4n) is 2.57. The summed E-state index contributed by atoms with van der Waals surface area (Å²) < 4.78 is 5.37. The van der Waals surface area contributed by atoms with Crippen molar-refractivity contribution in [3.05, 3.63) is 0 Å². The van der Waals surface area contributed by atoms with E-state index in [0.717, 1.165) is 29.9 Å². The lowest BCUT2D eigenvalue weighted by Crippen LogP contribution is -2.21. The van der Waals surface area contributed by atoms with Gasteiger partial charge in [-0.05, 0) is 43.9 Å². The molecule has 2 atom stereocenters. The maximum Gasteiger partial charge on any atom is 0.0468 e. The van der Waals surface area contributed by atoms with Gasteiger partial charge in [0.1, 0.15) is 0 Å². The average Bonchev–Trinajstić information content (AvgIpc) is 2.54. The van der Waals surface area contributed by atoms with Crippen molar-refractivity contribution in [3.63, 3.8) is 0 Å². The SMILES string of the molecule is BrC1CCC(C2CCOCC2)C1. The van der Waals surface area contributed by atoms with E-state index in [-0.39, 0.29) is 0 Å². The van der Waals surface area contributed by atoms with Crippen LogP contribution >= 0.6 is 15.9 Å². The summed E-state index contributed by atoms with van der Waals surface area (Å²) in [5, 5.41) is 0. The number of alkyl halides is 1. The fraction of sp³-hybridized carbons (Fsp3) is 1.00. The van der Waals surface area contributed by atoms with Crippen molar-refractivity contribution < 1.29 is 4.74 Å². The van der Waals surface area contributed by atoms with Gasteiger partial charge >= 0.3 is 0 Å². The quantitative estimate of drug-likeness (QED) is 0.632. The number of rotatable bonds is 1. The number of hydrogen-bond donors (Lipinski definition) is 0. The Morgan fingerprint density at radius 3 is 2.25 bits per heavy atom. The van der Waals surface area contributed by atoms with E-state index >= 15 is 0 Å². The summed E-state index contributed by atoms with van der Waals surface area (Å²) in [6, 6.07) is 0. The fourth-order valence-corrected chi connectivity index (χ4v) is 3.32. The lowest BCUT2D eigenvalue weighted by molar-refractivity contribution is 0.0477. The predicted molar refractivity (Wildman–Crippen MR) is 53.6 cm³/mol. The van der Waals surface area contributed by atoms with Crippen LogP contribution in [0.3, 0.4) is 0 Å². The van der Waals surface area contributed by atoms with E-state index in [4.69, 9.17) is 4.74 Å². The smallest absolute Gasteiger partial charge is 0.0468 e. The van der Waals surface area contributed by atoms with Gasteiger partial charge in [0, 0.05) is 18.0 Å². The van der Waals surface area contributed by atoms with Gasteiger partial charge in [0.05, 0.1) is 0 Å². The number of hydrogen-bond acceptors (Lipinski definition) is 1. The first-order valence-electron chi connectivity index (χ1n) is 5.08. The Morgan fingerprint density at radius 1 is 0.917 bits per heavy atom. The van der Waals surface area contributed by atoms with Crippen molar-refractivity contribution in [1.82, 2.24) is 0 Å². The third kappa shape index (κ3) is 2.02. The second-order valence-corrected chi connectivity index (χ2v) is 5.42. The maximum atomic E-state index is 5.37. The number of halogens is 1. The molecule has 2 heteroatoms. The summed E-state index contributed by atoms with van der Waals surface area (Å²) in [7, 11) is 0. The summed E-state index contributed by atoms with van der Waals surface area (Å²) in [5.41, 5.74) is 0. The molecule has 0 spiro atoms. The highest BCUT2D eigenvalue weighted by Crippen LogP contribution is 2.39. The van der Waals surface area contributed by atoms with Crippen molar-refractivity contribution in [3.8, 4) is 0 Å². The van der Waals surface area contributed by atoms with E-state index in [1.165, 1.54) is 32.1 Å². The van der Waals surface area contributed by atoms with E-state index < -0.39 is 0 Å². The third-order valence-electron chi connectivity index (χ3n) is 3.34. The minimum absolute atomic E-state index is 0.811. The van der Waals surface area contributed by atoms with Crippen LogP contribution in [0, 0.1) is 11.8 Å². The highest BCUT2D eigenvalue weighted by Gasteiger charge is 2.30. The Kier molecular flexibility index (Phi) is 3.08. The van der Waals surface area contributed by atoms with Gasteiger partial charge < -0.3 is 4.74 Å². The molecular weight excluding hydrogens is 216 g/mol. The normalized spacial score (nSPS) is 38.8. The van der Waals surface area contributed by atoms with Gasteiger partial charge in [-0.1, -0.05) is 15.9 Å². The summed E-state index contributed by atoms with van der Waals surface area (Å²) in [4.78, 5) is 0.811. The molecule has 0 aromatic carbocycles. The minimum Gasteiger partial charge on any atom is -0.381 e. The van der Waals surface area contributed by atoms with Gasteiger partial charge in [-0.25, -0.2) is 0 Å². The molecule has 2 aliphatic rings. The molecule has 1 saturated carbocycles. The van der Waals surface area contributed by atoms with Crippen molar-refractivity contribution in [1.29, 1.82) is 0 Å². The molecule has 1 aliphatic carbocycles. The predicted octanol–water partition coefficient (Wildman–Crippen LogP) is 2.98. The van der Waals surface area contributed by atoms with E-state index in [1.54, 1.807) is 0 Å². The molecule has 0 bridgehead atoms. The second-order valence-electron chi connectivity index (χ2n) is 4.12. The zero-order valence-corrected chi connectivity index (χ0v) is 9.05. The van der Waals surface area contributed by atoms with Crippen molar-refractivity contribution in [2.45, 2.75) is 36.9 Å². The molecule has 1 nitrogen and oxygen atoms in total. The van der Waals surface area contributed by atoms with Crippen LogP contribution in [0.15, 0.2) is 0 Å². The average molecular weight is 233 g/mol. The molecule has 70 valence electrons. The molecular formula is C10H17BrO. The number of ether oxygens (including phenoxy) is 1. The van der Waals surface area contributed by atoms with Crippen LogP contribution in [0.1, 0.15) is 32.1 Å². The third-order valence-corrected chi connectivity index (χ3v) is 4.17. The molecule has 0 radical (unpaired) electrons. The Bertz CT molecular complexity index is 140. The zero-order chi connectivity index (χ0) is 8.39. The topological polar surface area (TPSA) is 9.23 Å². The summed E-state index contributed by atoms with van der Waals surface area (Å²) in [6.45, 7) is 2.02. The standard InChI is InChI=1S/C10H17BrO/c11-10-2-1-9(7-10)8-3-5-12-6-4-8/h8-10H,1-7H2. The first-order chi connectivity index (χ1) is 5.86. The van der Waals surface area contributed by atoms with Crippen LogP contribution in [0.5, 0.6) is 0 Å². The van der Waals surface area contributed by atoms with Crippen LogP contribution in [-0.2, 0) is 4.74 Å². The molecule has 2 fully saturated rings. The largest absolute Gasteiger partial charge is 0.381 e. The Balaban J connectivity index is 1.83. The van der Waals surface area contributed by atoms with Gasteiger partial charge in [-0.2, -0.15) is 0 Å². The first kappa shape index (κ1) is 9.01. The van der Waals surface area contributed by atoms with Crippen LogP contribution < -0.4 is 0 Å². The second kappa shape index (κ2) is 4.10. The van der Waals surface area contributed by atoms with Crippen LogP contribution in [0.2, 0.25) is 0 Å². The van der Waals surface area contributed by atoms with Crippen molar-refractivity contribution in [2.75, 3.05) is 13.2 Å². The molecule has 0 N–H and O–H groups in total. The summed E-state index contributed by atoms with van der Waals surface area (Å²) in [6.07, 6.45) is 6.86. The summed E-state index contributed by atoms with van der Waals surface area (Å²) in [5.74, 6) is 1.97. The van der Waals surface area contributed by atoms with Gasteiger partial charge in [0.15, 0.2) is 0 Å². The molecule has 12 heavy (non-hydrogen) atoms. The van der Waals surface area contributed by atoms with E-state index in [2.05, 4.69) is 15.9 Å². The monoisotopic (exact) mass is 232 g/mol. The van der Waals surface area contributed by atoms with Gasteiger partial charge in [-0.15, -0.1) is 0 Å². The maximum absolute atomic E-state index is 5.37. The molecule has 0 aromatic rings. The lowest BCUT2D eigenvalue weighted by Gasteiger charge is -2.27. The minimum atomic E-state index is 0.811. The van der Waals surface area contributed by atoms with Crippen LogP contribution in [-0.4, -0.2) is 18.0 Å². The van der Waals surface area contributed by atoms with E-state index in [9.17, 15) is 0 Å². The highest BCUT2D eigenvalue weighted by atomic mass is 79.9. The van der Waals surface area contributed by atoms with Crippen LogP contribution in [0.25, 0.3) is 0 Å². The summed E-state index contributed by atoms with van der Waals surface area (Å²) >= 11 is 3.71. The molecule has 1 aliphatic heterocycles. The van der Waals surface area contributed by atoms with Crippen LogP contribution in [0.4, 0.5) is 0 Å². The van der Waals surface area contributed by atoms with Gasteiger partial charge in [-0.3, -0.25) is 0 Å². The lowest BCUT2D eigenvalue weighted by atomic mass is 9.85. The molecule has 1 saturated heterocycles. The zero-order valence-electron chi connectivity index (χ0n) is 7.47. The molecule has 2 rings (SSSR count). The van der Waals surface area contributed by atoms with Gasteiger partial charge in [0.2, 0.25) is 0 Å². The Hall–Kier alpha value is 0.440. The van der Waals surface area contributed by atoms with Crippen molar-refractivity contribution in [2.24, 2.45) is 11.8 Å². The van der Waals surface area contributed by atoms with E-state index in [0.29, 0.717) is 0 Å². The molecule has 0 amide bonds. The van der Waals surface area contributed by atoms with Crippen molar-refractivity contribution >= 4 is 15.9 Å². The molecule has 2 unspecified atom stereocenters. The Labute approximate surface area is 83.0 Å². The van der Waals surface area contributed by atoms with E-state index in [1.807, 2.05) is 0 Å². The molecule has 1 heterocycles. The Morgan fingerprint density at radius 2 is 1.67 bits per heavy atom. The van der Waals surface area contributed by atoms with Gasteiger partial charge in [0.25, 0.3) is 0 Å². The highest BCUT2D eigenvalue weighted by molar-refractivity contribution is 9.09.